The maximum Gasteiger partial charge on any atom is 0.356 e. The van der Waals surface area contributed by atoms with Crippen LogP contribution >= 0.6 is 0 Å². The smallest absolute Gasteiger partial charge is 0.356 e. The van der Waals surface area contributed by atoms with Crippen LogP contribution in [0.5, 0.6) is 0 Å². The third-order valence-electron chi connectivity index (χ3n) is 4.75. The summed E-state index contributed by atoms with van der Waals surface area (Å²) in [6.07, 6.45) is 1.90. The number of hydrogen-bond donors (Lipinski definition) is 2. The monoisotopic (exact) mass is 348 g/mol. The summed E-state index contributed by atoms with van der Waals surface area (Å²) in [4.78, 5) is 13.7. The number of carbonyl (C=O) groups is 1. The molecule has 1 aromatic carbocycles. The Bertz CT molecular complexity index is 692. The SMILES string of the molecule is CCCCOC(=O)C[n+]1c(N)n(CC[NH+](CC)CC)c2ccccc21. The molecule has 6 nitrogen and oxygen atoms in total. The van der Waals surface area contributed by atoms with Crippen LogP contribution in [0.15, 0.2) is 24.3 Å². The van der Waals surface area contributed by atoms with Crippen LogP contribution in [0.2, 0.25) is 0 Å². The Balaban J connectivity index is 2.22. The Morgan fingerprint density at radius 2 is 1.96 bits per heavy atom. The van der Waals surface area contributed by atoms with Crippen molar-refractivity contribution in [3.05, 3.63) is 24.3 Å². The van der Waals surface area contributed by atoms with Gasteiger partial charge >= 0.3 is 11.9 Å². The van der Waals surface area contributed by atoms with E-state index >= 15 is 0 Å². The molecule has 2 aromatic rings. The molecule has 2 rings (SSSR count). The van der Waals surface area contributed by atoms with E-state index in [1.807, 2.05) is 22.8 Å². The van der Waals surface area contributed by atoms with Gasteiger partial charge in [-0.25, -0.2) is 13.9 Å². The van der Waals surface area contributed by atoms with Gasteiger partial charge in [-0.2, -0.15) is 0 Å². The number of ether oxygens (including phenoxy) is 1. The van der Waals surface area contributed by atoms with Crippen LogP contribution in [0.3, 0.4) is 0 Å². The van der Waals surface area contributed by atoms with Crippen LogP contribution in [-0.2, 0) is 22.6 Å². The molecule has 0 spiro atoms. The first-order chi connectivity index (χ1) is 12.1. The first-order valence-corrected chi connectivity index (χ1v) is 9.38. The average molecular weight is 348 g/mol. The van der Waals surface area contributed by atoms with Gasteiger partial charge in [0.1, 0.15) is 24.1 Å². The van der Waals surface area contributed by atoms with E-state index in [0.29, 0.717) is 12.6 Å². The highest BCUT2D eigenvalue weighted by molar-refractivity contribution is 5.75. The Morgan fingerprint density at radius 3 is 2.64 bits per heavy atom. The van der Waals surface area contributed by atoms with E-state index in [-0.39, 0.29) is 12.5 Å². The first kappa shape index (κ1) is 19.2. The number of quaternary nitrogens is 1. The maximum absolute atomic E-state index is 12.1. The van der Waals surface area contributed by atoms with Crippen LogP contribution in [0.1, 0.15) is 33.6 Å². The van der Waals surface area contributed by atoms with Crippen molar-refractivity contribution in [3.8, 4) is 0 Å². The van der Waals surface area contributed by atoms with Crippen molar-refractivity contribution in [3.63, 3.8) is 0 Å². The van der Waals surface area contributed by atoms with Gasteiger partial charge in [0.05, 0.1) is 19.7 Å². The average Bonchev–Trinajstić information content (AvgIpc) is 2.88. The molecule has 1 heterocycles. The summed E-state index contributed by atoms with van der Waals surface area (Å²) < 4.78 is 9.28. The summed E-state index contributed by atoms with van der Waals surface area (Å²) in [5.41, 5.74) is 8.43. The number of unbranched alkanes of at least 4 members (excludes halogenated alkanes) is 1. The molecular weight excluding hydrogens is 316 g/mol. The standard InChI is InChI=1S/C19H30N4O2/c1-4-7-14-25-18(24)15-23-17-11-9-8-10-16(17)22(19(23)20)13-12-21(5-2)6-3/h8-11,20H,4-7,12-15H2,1-3H3/p+2. The quantitative estimate of drug-likeness (QED) is 0.379. The van der Waals surface area contributed by atoms with Crippen molar-refractivity contribution in [2.24, 2.45) is 0 Å². The van der Waals surface area contributed by atoms with E-state index < -0.39 is 0 Å². The van der Waals surface area contributed by atoms with Gasteiger partial charge in [-0.3, -0.25) is 5.73 Å². The number of fused-ring (bicyclic) bond motifs is 1. The molecule has 6 heteroatoms. The number of imidazole rings is 1. The number of carbonyl (C=O) groups excluding carboxylic acids is 1. The van der Waals surface area contributed by atoms with Crippen LogP contribution in [0, 0.1) is 0 Å². The highest BCUT2D eigenvalue weighted by Gasteiger charge is 2.23. The third kappa shape index (κ3) is 4.72. The molecule has 0 amide bonds. The molecule has 0 fully saturated rings. The van der Waals surface area contributed by atoms with Crippen molar-refractivity contribution < 1.29 is 19.0 Å². The summed E-state index contributed by atoms with van der Waals surface area (Å²) in [7, 11) is 0. The second-order valence-electron chi connectivity index (χ2n) is 6.37. The number of aromatic nitrogens is 2. The topological polar surface area (TPSA) is 65.6 Å². The van der Waals surface area contributed by atoms with Gasteiger partial charge in [0.2, 0.25) is 0 Å². The van der Waals surface area contributed by atoms with Gasteiger partial charge in [-0.1, -0.05) is 25.5 Å². The predicted octanol–water partition coefficient (Wildman–Crippen LogP) is 0.779. The number of anilines is 1. The van der Waals surface area contributed by atoms with E-state index in [1.165, 1.54) is 4.90 Å². The second-order valence-corrected chi connectivity index (χ2v) is 6.37. The van der Waals surface area contributed by atoms with Gasteiger partial charge in [0, 0.05) is 0 Å². The number of nitrogens with one attached hydrogen (secondary N) is 1. The lowest BCUT2D eigenvalue weighted by molar-refractivity contribution is -0.897. The maximum atomic E-state index is 12.1. The van der Waals surface area contributed by atoms with Crippen LogP contribution < -0.4 is 15.2 Å². The minimum Gasteiger partial charge on any atom is -0.463 e. The Labute approximate surface area is 150 Å². The number of nitrogen functional groups attached to an aromatic ring is 1. The number of nitrogens with two attached hydrogens (primary N) is 1. The van der Waals surface area contributed by atoms with Crippen molar-refractivity contribution in [1.29, 1.82) is 0 Å². The number of para-hydroxylation sites is 2. The van der Waals surface area contributed by atoms with Crippen molar-refractivity contribution >= 4 is 23.0 Å². The Morgan fingerprint density at radius 1 is 1.24 bits per heavy atom. The van der Waals surface area contributed by atoms with Crippen molar-refractivity contribution in [2.45, 2.75) is 46.7 Å². The number of esters is 1. The van der Waals surface area contributed by atoms with Crippen LogP contribution in [0.25, 0.3) is 11.0 Å². The molecular formula is C19H32N4O2+2. The number of nitrogens with zero attached hydrogens (tertiary/aromatic N) is 2. The van der Waals surface area contributed by atoms with Gasteiger partial charge < -0.3 is 9.64 Å². The molecule has 0 aliphatic carbocycles. The zero-order valence-electron chi connectivity index (χ0n) is 15.8. The van der Waals surface area contributed by atoms with E-state index in [0.717, 1.165) is 50.1 Å². The zero-order valence-corrected chi connectivity index (χ0v) is 15.8. The molecule has 25 heavy (non-hydrogen) atoms. The molecule has 0 saturated heterocycles. The summed E-state index contributed by atoms with van der Waals surface area (Å²) in [5.74, 6) is 0.377. The second kappa shape index (κ2) is 9.42. The fourth-order valence-corrected chi connectivity index (χ4v) is 3.09. The molecule has 0 radical (unpaired) electrons. The normalized spacial score (nSPS) is 11.4. The number of benzene rings is 1. The largest absolute Gasteiger partial charge is 0.463 e. The molecule has 1 aromatic heterocycles. The molecule has 0 aliphatic heterocycles. The lowest BCUT2D eigenvalue weighted by Crippen LogP contribution is -3.11. The molecule has 0 aliphatic rings. The van der Waals surface area contributed by atoms with E-state index in [4.69, 9.17) is 10.5 Å². The molecule has 3 N–H and O–H groups in total. The van der Waals surface area contributed by atoms with E-state index in [9.17, 15) is 4.79 Å². The van der Waals surface area contributed by atoms with Crippen molar-refractivity contribution in [1.82, 2.24) is 4.57 Å². The lowest BCUT2D eigenvalue weighted by Gasteiger charge is -2.14. The third-order valence-corrected chi connectivity index (χ3v) is 4.75. The number of rotatable bonds is 10. The minimum atomic E-state index is -0.234. The minimum absolute atomic E-state index is 0.154. The van der Waals surface area contributed by atoms with Crippen molar-refractivity contribution in [2.75, 3.05) is 32.0 Å². The molecule has 0 atom stereocenters. The predicted molar refractivity (Wildman–Crippen MR) is 99.3 cm³/mol. The van der Waals surface area contributed by atoms with Gasteiger partial charge in [0.25, 0.3) is 0 Å². The van der Waals surface area contributed by atoms with E-state index in [1.54, 1.807) is 0 Å². The number of hydrogen-bond acceptors (Lipinski definition) is 3. The highest BCUT2D eigenvalue weighted by Crippen LogP contribution is 2.15. The fourth-order valence-electron chi connectivity index (χ4n) is 3.09. The van der Waals surface area contributed by atoms with Crippen LogP contribution in [0.4, 0.5) is 5.95 Å². The van der Waals surface area contributed by atoms with E-state index in [2.05, 4.69) is 31.4 Å². The van der Waals surface area contributed by atoms with Crippen LogP contribution in [-0.4, -0.2) is 36.8 Å². The van der Waals surface area contributed by atoms with Gasteiger partial charge in [-0.15, -0.1) is 0 Å². The molecule has 0 unspecified atom stereocenters. The van der Waals surface area contributed by atoms with Gasteiger partial charge in [-0.05, 0) is 32.4 Å². The summed E-state index contributed by atoms with van der Waals surface area (Å²) >= 11 is 0. The number of likely N-dealkylation sites (N-methyl/N-ethyl adjacent to an activating group) is 1. The Kier molecular flexibility index (Phi) is 7.25. The first-order valence-electron chi connectivity index (χ1n) is 9.38. The summed E-state index contributed by atoms with van der Waals surface area (Å²) in [6, 6.07) is 8.04. The summed E-state index contributed by atoms with van der Waals surface area (Å²) in [5, 5.41) is 0. The summed E-state index contributed by atoms with van der Waals surface area (Å²) in [6.45, 7) is 11.1. The molecule has 138 valence electrons. The molecule has 0 saturated carbocycles. The lowest BCUT2D eigenvalue weighted by atomic mass is 10.3. The highest BCUT2D eigenvalue weighted by atomic mass is 16.5. The Hall–Kier alpha value is -2.08. The van der Waals surface area contributed by atoms with Gasteiger partial charge in [0.15, 0.2) is 6.54 Å². The fraction of sp³-hybridized carbons (Fsp3) is 0.579. The zero-order chi connectivity index (χ0) is 18.2. The molecule has 0 bridgehead atoms.